The summed E-state index contributed by atoms with van der Waals surface area (Å²) < 4.78 is 10.1. The van der Waals surface area contributed by atoms with E-state index in [1.807, 2.05) is 0 Å². The molecule has 0 radical (unpaired) electrons. The molecule has 0 unspecified atom stereocenters. The molecule has 0 aromatic heterocycles. The third-order valence-corrected chi connectivity index (χ3v) is 3.43. The maximum absolute atomic E-state index is 12.3. The van der Waals surface area contributed by atoms with Gasteiger partial charge in [-0.15, -0.1) is 0 Å². The lowest BCUT2D eigenvalue weighted by atomic mass is 10.1. The number of esters is 1. The van der Waals surface area contributed by atoms with Gasteiger partial charge in [-0.1, -0.05) is 6.07 Å². The highest BCUT2D eigenvalue weighted by atomic mass is 16.5. The first-order valence-corrected chi connectivity index (χ1v) is 7.29. The number of amides is 1. The van der Waals surface area contributed by atoms with Gasteiger partial charge in [0.25, 0.3) is 5.91 Å². The predicted octanol–water partition coefficient (Wildman–Crippen LogP) is 3.43. The maximum atomic E-state index is 12.3. The highest BCUT2D eigenvalue weighted by molar-refractivity contribution is 6.05. The van der Waals surface area contributed by atoms with Crippen LogP contribution in [-0.4, -0.2) is 25.6 Å². The molecule has 5 nitrogen and oxygen atoms in total. The molecule has 2 aromatic rings. The van der Waals surface area contributed by atoms with Gasteiger partial charge in [0.15, 0.2) is 0 Å². The number of nitrogens with one attached hydrogen (secondary N) is 1. The van der Waals surface area contributed by atoms with E-state index in [1.165, 1.54) is 0 Å². The molecule has 0 spiro atoms. The largest absolute Gasteiger partial charge is 0.497 e. The molecule has 23 heavy (non-hydrogen) atoms. The number of rotatable bonds is 5. The van der Waals surface area contributed by atoms with Gasteiger partial charge >= 0.3 is 5.97 Å². The summed E-state index contributed by atoms with van der Waals surface area (Å²) in [6, 6.07) is 11.9. The fraction of sp³-hybridized carbons (Fsp3) is 0.222. The van der Waals surface area contributed by atoms with Crippen LogP contribution in [0.1, 0.15) is 33.2 Å². The Kier molecular flexibility index (Phi) is 5.36. The second-order valence-corrected chi connectivity index (χ2v) is 4.88. The highest BCUT2D eigenvalue weighted by Crippen LogP contribution is 2.21. The minimum atomic E-state index is -0.398. The zero-order valence-electron chi connectivity index (χ0n) is 13.4. The van der Waals surface area contributed by atoms with Crippen molar-refractivity contribution in [1.29, 1.82) is 0 Å². The summed E-state index contributed by atoms with van der Waals surface area (Å²) in [7, 11) is 1.57. The van der Waals surface area contributed by atoms with Gasteiger partial charge in [-0.05, 0) is 55.8 Å². The molecule has 0 heterocycles. The summed E-state index contributed by atoms with van der Waals surface area (Å²) in [6.45, 7) is 3.83. The molecule has 0 aliphatic heterocycles. The fourth-order valence-electron chi connectivity index (χ4n) is 2.14. The van der Waals surface area contributed by atoms with Crippen molar-refractivity contribution in [2.24, 2.45) is 0 Å². The van der Waals surface area contributed by atoms with Crippen LogP contribution < -0.4 is 10.1 Å². The summed E-state index contributed by atoms with van der Waals surface area (Å²) in [6.07, 6.45) is 0. The van der Waals surface area contributed by atoms with E-state index in [2.05, 4.69) is 5.32 Å². The van der Waals surface area contributed by atoms with Crippen LogP contribution in [0, 0.1) is 6.92 Å². The molecule has 0 saturated heterocycles. The standard InChI is InChI=1S/C18H19NO4/c1-4-23-18(21)15-6-5-7-16(12(15)2)19-17(20)13-8-10-14(22-3)11-9-13/h5-11H,4H2,1-3H3,(H,19,20). The molecule has 1 N–H and O–H groups in total. The van der Waals surface area contributed by atoms with Crippen LogP contribution in [0.3, 0.4) is 0 Å². The number of carbonyl (C=O) groups is 2. The second-order valence-electron chi connectivity index (χ2n) is 4.88. The molecule has 2 aromatic carbocycles. The number of anilines is 1. The van der Waals surface area contributed by atoms with Crippen molar-refractivity contribution in [2.45, 2.75) is 13.8 Å². The van der Waals surface area contributed by atoms with E-state index in [-0.39, 0.29) is 5.91 Å². The van der Waals surface area contributed by atoms with E-state index in [4.69, 9.17) is 9.47 Å². The molecule has 0 saturated carbocycles. The minimum absolute atomic E-state index is 0.253. The molecule has 2 rings (SSSR count). The molecular formula is C18H19NO4. The number of hydrogen-bond donors (Lipinski definition) is 1. The molecular weight excluding hydrogens is 294 g/mol. The zero-order chi connectivity index (χ0) is 16.8. The van der Waals surface area contributed by atoms with Crippen LogP contribution >= 0.6 is 0 Å². The zero-order valence-corrected chi connectivity index (χ0v) is 13.4. The molecule has 0 bridgehead atoms. The van der Waals surface area contributed by atoms with Crippen molar-refractivity contribution in [2.75, 3.05) is 19.0 Å². The van der Waals surface area contributed by atoms with E-state index in [0.29, 0.717) is 34.7 Å². The molecule has 0 fully saturated rings. The van der Waals surface area contributed by atoms with Crippen LogP contribution in [-0.2, 0) is 4.74 Å². The normalized spacial score (nSPS) is 10.0. The van der Waals surface area contributed by atoms with Gasteiger partial charge in [-0.25, -0.2) is 4.79 Å². The molecule has 0 aliphatic rings. The van der Waals surface area contributed by atoms with Gasteiger partial charge < -0.3 is 14.8 Å². The summed E-state index contributed by atoms with van der Waals surface area (Å²) in [4.78, 5) is 24.2. The first-order chi connectivity index (χ1) is 11.1. The quantitative estimate of drug-likeness (QED) is 0.859. The topological polar surface area (TPSA) is 64.6 Å². The Bertz CT molecular complexity index is 707. The molecule has 0 atom stereocenters. The van der Waals surface area contributed by atoms with Crippen LogP contribution in [0.25, 0.3) is 0 Å². The Hall–Kier alpha value is -2.82. The monoisotopic (exact) mass is 313 g/mol. The van der Waals surface area contributed by atoms with Gasteiger partial charge in [0.05, 0.1) is 19.3 Å². The maximum Gasteiger partial charge on any atom is 0.338 e. The van der Waals surface area contributed by atoms with E-state index < -0.39 is 5.97 Å². The highest BCUT2D eigenvalue weighted by Gasteiger charge is 2.14. The SMILES string of the molecule is CCOC(=O)c1cccc(NC(=O)c2ccc(OC)cc2)c1C. The smallest absolute Gasteiger partial charge is 0.338 e. The number of carbonyl (C=O) groups excluding carboxylic acids is 2. The van der Waals surface area contributed by atoms with Crippen molar-refractivity contribution in [3.8, 4) is 5.75 Å². The summed E-state index contributed by atoms with van der Waals surface area (Å²) in [5.74, 6) is 0.0318. The van der Waals surface area contributed by atoms with Gasteiger partial charge in [-0.3, -0.25) is 4.79 Å². The van der Waals surface area contributed by atoms with Crippen LogP contribution in [0.4, 0.5) is 5.69 Å². The van der Waals surface area contributed by atoms with Crippen molar-refractivity contribution in [1.82, 2.24) is 0 Å². The fourth-order valence-corrected chi connectivity index (χ4v) is 2.14. The molecule has 120 valence electrons. The van der Waals surface area contributed by atoms with Crippen molar-refractivity contribution >= 4 is 17.6 Å². The van der Waals surface area contributed by atoms with Gasteiger partial charge in [-0.2, -0.15) is 0 Å². The number of ether oxygens (including phenoxy) is 2. The molecule has 5 heteroatoms. The Balaban J connectivity index is 2.20. The summed E-state index contributed by atoms with van der Waals surface area (Å²) in [5, 5.41) is 2.81. The molecule has 1 amide bonds. The van der Waals surface area contributed by atoms with Crippen molar-refractivity contribution < 1.29 is 19.1 Å². The van der Waals surface area contributed by atoms with Crippen molar-refractivity contribution in [3.63, 3.8) is 0 Å². The second kappa shape index (κ2) is 7.45. The van der Waals surface area contributed by atoms with Gasteiger partial charge in [0, 0.05) is 11.3 Å². The average molecular weight is 313 g/mol. The lowest BCUT2D eigenvalue weighted by Crippen LogP contribution is -2.14. The van der Waals surface area contributed by atoms with E-state index in [0.717, 1.165) is 0 Å². The van der Waals surface area contributed by atoms with E-state index in [9.17, 15) is 9.59 Å². The van der Waals surface area contributed by atoms with Gasteiger partial charge in [0.2, 0.25) is 0 Å². The average Bonchev–Trinajstić information content (AvgIpc) is 2.57. The number of hydrogen-bond acceptors (Lipinski definition) is 4. The molecule has 0 aliphatic carbocycles. The first-order valence-electron chi connectivity index (χ1n) is 7.29. The Morgan fingerprint density at radius 1 is 1.09 bits per heavy atom. The number of methoxy groups -OCH3 is 1. The lowest BCUT2D eigenvalue weighted by molar-refractivity contribution is 0.0525. The van der Waals surface area contributed by atoms with E-state index in [1.54, 1.807) is 63.4 Å². The first kappa shape index (κ1) is 16.5. The van der Waals surface area contributed by atoms with Crippen LogP contribution in [0.2, 0.25) is 0 Å². The third kappa shape index (κ3) is 3.88. The Morgan fingerprint density at radius 3 is 2.39 bits per heavy atom. The van der Waals surface area contributed by atoms with Crippen LogP contribution in [0.15, 0.2) is 42.5 Å². The lowest BCUT2D eigenvalue weighted by Gasteiger charge is -2.12. The van der Waals surface area contributed by atoms with Crippen molar-refractivity contribution in [3.05, 3.63) is 59.2 Å². The van der Waals surface area contributed by atoms with E-state index >= 15 is 0 Å². The van der Waals surface area contributed by atoms with Gasteiger partial charge in [0.1, 0.15) is 5.75 Å². The predicted molar refractivity (Wildman–Crippen MR) is 88.1 cm³/mol. The minimum Gasteiger partial charge on any atom is -0.497 e. The number of benzene rings is 2. The Morgan fingerprint density at radius 2 is 1.78 bits per heavy atom. The Labute approximate surface area is 135 Å². The third-order valence-electron chi connectivity index (χ3n) is 3.43. The summed E-state index contributed by atoms with van der Waals surface area (Å²) in [5.41, 5.74) is 2.20. The van der Waals surface area contributed by atoms with Crippen LogP contribution in [0.5, 0.6) is 5.75 Å². The summed E-state index contributed by atoms with van der Waals surface area (Å²) >= 11 is 0.